The molecule has 0 radical (unpaired) electrons. The van der Waals surface area contributed by atoms with E-state index >= 15 is 0 Å². The number of hydrogen-bond donors (Lipinski definition) is 0. The maximum atomic E-state index is 11.9. The van der Waals surface area contributed by atoms with Gasteiger partial charge in [0, 0.05) is 6.42 Å². The summed E-state index contributed by atoms with van der Waals surface area (Å²) < 4.78 is 0. The molecule has 0 saturated carbocycles. The largest absolute Gasteiger partial charge is 0.298 e. The van der Waals surface area contributed by atoms with Gasteiger partial charge >= 0.3 is 0 Å². The van der Waals surface area contributed by atoms with Crippen molar-refractivity contribution in [2.24, 2.45) is 11.8 Å². The third kappa shape index (κ3) is 4.71. The zero-order valence-electron chi connectivity index (χ0n) is 11.4. The van der Waals surface area contributed by atoms with E-state index in [2.05, 4.69) is 18.2 Å². The van der Waals surface area contributed by atoms with E-state index in [1.165, 1.54) is 5.56 Å². The van der Waals surface area contributed by atoms with Crippen molar-refractivity contribution >= 4 is 5.78 Å². The fourth-order valence-corrected chi connectivity index (χ4v) is 1.92. The second-order valence-electron chi connectivity index (χ2n) is 5.26. The normalized spacial score (nSPS) is 12.2. The molecule has 96 valence electrons. The van der Waals surface area contributed by atoms with E-state index < -0.39 is 5.92 Å². The number of Topliss-reactive ketones (excluding diaryl/α,β-unsaturated/α-hetero) is 1. The maximum absolute atomic E-state index is 11.9. The predicted molar refractivity (Wildman–Crippen MR) is 73.1 cm³/mol. The van der Waals surface area contributed by atoms with Gasteiger partial charge in [0.1, 0.15) is 11.7 Å². The first-order chi connectivity index (χ1) is 8.52. The minimum atomic E-state index is -0.435. The van der Waals surface area contributed by atoms with Gasteiger partial charge in [-0.2, -0.15) is 5.26 Å². The van der Waals surface area contributed by atoms with Gasteiger partial charge in [0.25, 0.3) is 0 Å². The Hall–Kier alpha value is -1.62. The lowest BCUT2D eigenvalue weighted by molar-refractivity contribution is -0.121. The van der Waals surface area contributed by atoms with Crippen LogP contribution in [0.3, 0.4) is 0 Å². The van der Waals surface area contributed by atoms with Crippen LogP contribution >= 0.6 is 0 Å². The fraction of sp³-hybridized carbons (Fsp3) is 0.500. The molecule has 0 heterocycles. The molecule has 0 aromatic heterocycles. The monoisotopic (exact) mass is 243 g/mol. The van der Waals surface area contributed by atoms with Crippen molar-refractivity contribution in [2.45, 2.75) is 40.0 Å². The molecule has 1 atom stereocenters. The molecule has 0 saturated heterocycles. The lowest BCUT2D eigenvalue weighted by Gasteiger charge is -2.10. The van der Waals surface area contributed by atoms with Crippen LogP contribution in [0.15, 0.2) is 24.3 Å². The van der Waals surface area contributed by atoms with Gasteiger partial charge in [-0.3, -0.25) is 4.79 Å². The number of carbonyl (C=O) groups excluding carboxylic acids is 1. The minimum Gasteiger partial charge on any atom is -0.298 e. The van der Waals surface area contributed by atoms with E-state index in [-0.39, 0.29) is 5.78 Å². The number of benzene rings is 1. The Balaban J connectivity index is 2.49. The third-order valence-corrected chi connectivity index (χ3v) is 3.03. The molecule has 1 aromatic rings. The zero-order valence-corrected chi connectivity index (χ0v) is 11.4. The maximum Gasteiger partial charge on any atom is 0.150 e. The summed E-state index contributed by atoms with van der Waals surface area (Å²) in [5.41, 5.74) is 2.38. The molecule has 18 heavy (non-hydrogen) atoms. The van der Waals surface area contributed by atoms with Crippen molar-refractivity contribution in [2.75, 3.05) is 0 Å². The first-order valence-corrected chi connectivity index (χ1v) is 6.50. The SMILES string of the molecule is Cc1ccc(CCC(=O)C(C#N)CC(C)C)cc1. The van der Waals surface area contributed by atoms with Crippen molar-refractivity contribution in [1.29, 1.82) is 5.26 Å². The van der Waals surface area contributed by atoms with E-state index in [1.54, 1.807) is 0 Å². The average molecular weight is 243 g/mol. The topological polar surface area (TPSA) is 40.9 Å². The van der Waals surface area contributed by atoms with Crippen LogP contribution in [0.2, 0.25) is 0 Å². The highest BCUT2D eigenvalue weighted by molar-refractivity contribution is 5.83. The van der Waals surface area contributed by atoms with Crippen LogP contribution in [0.1, 0.15) is 37.8 Å². The predicted octanol–water partition coefficient (Wildman–Crippen LogP) is 3.68. The van der Waals surface area contributed by atoms with Crippen molar-refractivity contribution in [3.05, 3.63) is 35.4 Å². The van der Waals surface area contributed by atoms with Crippen molar-refractivity contribution in [3.63, 3.8) is 0 Å². The summed E-state index contributed by atoms with van der Waals surface area (Å²) in [6.45, 7) is 6.12. The third-order valence-electron chi connectivity index (χ3n) is 3.03. The van der Waals surface area contributed by atoms with Crippen LogP contribution in [0.25, 0.3) is 0 Å². The number of nitriles is 1. The first-order valence-electron chi connectivity index (χ1n) is 6.50. The molecular weight excluding hydrogens is 222 g/mol. The molecule has 2 nitrogen and oxygen atoms in total. The molecule has 0 fully saturated rings. The van der Waals surface area contributed by atoms with Crippen LogP contribution in [-0.2, 0) is 11.2 Å². The van der Waals surface area contributed by atoms with Gasteiger partial charge in [-0.25, -0.2) is 0 Å². The second kappa shape index (κ2) is 6.96. The van der Waals surface area contributed by atoms with Crippen LogP contribution in [0.5, 0.6) is 0 Å². The molecule has 0 amide bonds. The lowest BCUT2D eigenvalue weighted by Crippen LogP contribution is -2.15. The van der Waals surface area contributed by atoms with E-state index in [0.717, 1.165) is 12.0 Å². The fourth-order valence-electron chi connectivity index (χ4n) is 1.92. The number of ketones is 1. The van der Waals surface area contributed by atoms with Gasteiger partial charge in [0.15, 0.2) is 0 Å². The highest BCUT2D eigenvalue weighted by Gasteiger charge is 2.18. The Morgan fingerprint density at radius 2 is 1.89 bits per heavy atom. The van der Waals surface area contributed by atoms with Gasteiger partial charge in [-0.1, -0.05) is 43.7 Å². The minimum absolute atomic E-state index is 0.0757. The quantitative estimate of drug-likeness (QED) is 0.764. The molecule has 0 bridgehead atoms. The molecule has 0 aliphatic carbocycles. The number of nitrogens with zero attached hydrogens (tertiary/aromatic N) is 1. The van der Waals surface area contributed by atoms with Crippen LogP contribution < -0.4 is 0 Å². The molecule has 0 N–H and O–H groups in total. The van der Waals surface area contributed by atoms with Gasteiger partial charge in [-0.15, -0.1) is 0 Å². The van der Waals surface area contributed by atoms with Crippen molar-refractivity contribution in [1.82, 2.24) is 0 Å². The van der Waals surface area contributed by atoms with Gasteiger partial charge in [0.2, 0.25) is 0 Å². The number of carbonyl (C=O) groups is 1. The lowest BCUT2D eigenvalue weighted by atomic mass is 9.91. The summed E-state index contributed by atoms with van der Waals surface area (Å²) in [7, 11) is 0. The summed E-state index contributed by atoms with van der Waals surface area (Å²) in [4.78, 5) is 11.9. The van der Waals surface area contributed by atoms with E-state index in [1.807, 2.05) is 32.9 Å². The summed E-state index contributed by atoms with van der Waals surface area (Å²) in [6, 6.07) is 10.3. The highest BCUT2D eigenvalue weighted by atomic mass is 16.1. The van der Waals surface area contributed by atoms with Crippen LogP contribution in [-0.4, -0.2) is 5.78 Å². The molecule has 0 aliphatic heterocycles. The van der Waals surface area contributed by atoms with Gasteiger partial charge in [-0.05, 0) is 31.2 Å². The Morgan fingerprint density at radius 3 is 2.39 bits per heavy atom. The first kappa shape index (κ1) is 14.4. The van der Waals surface area contributed by atoms with Crippen LogP contribution in [0, 0.1) is 30.1 Å². The molecule has 1 unspecified atom stereocenters. The molecule has 1 aromatic carbocycles. The Morgan fingerprint density at radius 1 is 1.28 bits per heavy atom. The summed E-state index contributed by atoms with van der Waals surface area (Å²) in [5, 5.41) is 9.01. The molecule has 1 rings (SSSR count). The van der Waals surface area contributed by atoms with Crippen molar-refractivity contribution in [3.8, 4) is 6.07 Å². The Bertz CT molecular complexity index is 425. The number of rotatable bonds is 6. The highest BCUT2D eigenvalue weighted by Crippen LogP contribution is 2.15. The summed E-state index contributed by atoms with van der Waals surface area (Å²) in [5.74, 6) is 0.0280. The van der Waals surface area contributed by atoms with Crippen LogP contribution in [0.4, 0.5) is 0 Å². The Labute approximate surface area is 110 Å². The summed E-state index contributed by atoms with van der Waals surface area (Å²) in [6.07, 6.45) is 1.87. The van der Waals surface area contributed by atoms with Crippen molar-refractivity contribution < 1.29 is 4.79 Å². The average Bonchev–Trinajstić information content (AvgIpc) is 2.34. The smallest absolute Gasteiger partial charge is 0.150 e. The molecule has 0 aliphatic rings. The van der Waals surface area contributed by atoms with E-state index in [9.17, 15) is 4.79 Å². The van der Waals surface area contributed by atoms with Gasteiger partial charge < -0.3 is 0 Å². The summed E-state index contributed by atoms with van der Waals surface area (Å²) >= 11 is 0. The number of hydrogen-bond acceptors (Lipinski definition) is 2. The van der Waals surface area contributed by atoms with E-state index in [0.29, 0.717) is 18.8 Å². The molecule has 2 heteroatoms. The molecular formula is C16H21NO. The van der Waals surface area contributed by atoms with Gasteiger partial charge in [0.05, 0.1) is 6.07 Å². The zero-order chi connectivity index (χ0) is 13.5. The standard InChI is InChI=1S/C16H21NO/c1-12(2)10-15(11-17)16(18)9-8-14-6-4-13(3)5-7-14/h4-7,12,15H,8-10H2,1-3H3. The Kier molecular flexibility index (Phi) is 5.58. The molecule has 0 spiro atoms. The number of aryl methyl sites for hydroxylation is 2. The van der Waals surface area contributed by atoms with E-state index in [4.69, 9.17) is 5.26 Å². The second-order valence-corrected chi connectivity index (χ2v) is 5.26.